The van der Waals surface area contributed by atoms with Crippen LogP contribution in [0.25, 0.3) is 0 Å². The van der Waals surface area contributed by atoms with Crippen molar-refractivity contribution in [2.24, 2.45) is 4.99 Å². The zero-order valence-corrected chi connectivity index (χ0v) is 17.2. The molecule has 0 unspecified atom stereocenters. The number of nitrogens with zero attached hydrogens (tertiary/aromatic N) is 1. The van der Waals surface area contributed by atoms with Crippen LogP contribution >= 0.6 is 24.0 Å². The summed E-state index contributed by atoms with van der Waals surface area (Å²) in [5.74, 6) is 0.838. The van der Waals surface area contributed by atoms with Gasteiger partial charge in [0, 0.05) is 20.1 Å². The molecule has 1 aromatic carbocycles. The number of hydrogen-bond acceptors (Lipinski definition) is 4. The topological polar surface area (TPSA) is 72.0 Å². The molecule has 6 nitrogen and oxygen atoms in total. The highest BCUT2D eigenvalue weighted by atomic mass is 127. The lowest BCUT2D eigenvalue weighted by molar-refractivity contribution is 0.0597. The van der Waals surface area contributed by atoms with Gasteiger partial charge in [-0.05, 0) is 24.1 Å². The van der Waals surface area contributed by atoms with Crippen molar-refractivity contribution in [1.82, 2.24) is 10.6 Å². The molecule has 7 heteroatoms. The number of carbonyl (C=O) groups is 1. The summed E-state index contributed by atoms with van der Waals surface area (Å²) in [6.07, 6.45) is 3.51. The highest BCUT2D eigenvalue weighted by Gasteiger charge is 2.13. The Kier molecular flexibility index (Phi) is 12.0. The number of aliphatic imine (C=N–C) groups is 1. The van der Waals surface area contributed by atoms with Gasteiger partial charge in [-0.25, -0.2) is 4.79 Å². The molecule has 0 saturated heterocycles. The molecule has 0 spiro atoms. The van der Waals surface area contributed by atoms with Crippen LogP contribution in [0.5, 0.6) is 5.75 Å². The van der Waals surface area contributed by atoms with E-state index >= 15 is 0 Å². The van der Waals surface area contributed by atoms with Gasteiger partial charge in [-0.15, -0.1) is 24.0 Å². The van der Waals surface area contributed by atoms with Crippen LogP contribution in [0.4, 0.5) is 0 Å². The number of guanidine groups is 1. The van der Waals surface area contributed by atoms with E-state index < -0.39 is 5.97 Å². The van der Waals surface area contributed by atoms with E-state index in [1.807, 2.05) is 6.07 Å². The fourth-order valence-electron chi connectivity index (χ4n) is 2.12. The summed E-state index contributed by atoms with van der Waals surface area (Å²) in [5.41, 5.74) is 1.36. The van der Waals surface area contributed by atoms with Gasteiger partial charge in [0.05, 0.1) is 14.2 Å². The lowest BCUT2D eigenvalue weighted by Crippen LogP contribution is -2.37. The quantitative estimate of drug-likeness (QED) is 0.210. The number of rotatable bonds is 8. The number of ether oxygens (including phenoxy) is 2. The lowest BCUT2D eigenvalue weighted by Gasteiger charge is -2.13. The van der Waals surface area contributed by atoms with Crippen molar-refractivity contribution < 1.29 is 14.3 Å². The molecule has 0 bridgehead atoms. The molecule has 2 N–H and O–H groups in total. The van der Waals surface area contributed by atoms with E-state index in [1.54, 1.807) is 19.2 Å². The molecule has 0 fully saturated rings. The summed E-state index contributed by atoms with van der Waals surface area (Å²) in [4.78, 5) is 16.0. The molecular formula is C17H28IN3O3. The molecule has 0 amide bonds. The Balaban J connectivity index is 0.00000529. The molecule has 24 heavy (non-hydrogen) atoms. The fourth-order valence-corrected chi connectivity index (χ4v) is 2.12. The summed E-state index contributed by atoms with van der Waals surface area (Å²) < 4.78 is 9.97. The Labute approximate surface area is 161 Å². The van der Waals surface area contributed by atoms with Gasteiger partial charge in [-0.1, -0.05) is 25.8 Å². The molecule has 136 valence electrons. The number of hydrogen-bond donors (Lipinski definition) is 2. The second kappa shape index (κ2) is 12.9. The summed E-state index contributed by atoms with van der Waals surface area (Å²) in [6, 6.07) is 5.44. The molecule has 1 aromatic rings. The van der Waals surface area contributed by atoms with Crippen molar-refractivity contribution in [3.63, 3.8) is 0 Å². The number of halogens is 1. The number of methoxy groups -OCH3 is 2. The van der Waals surface area contributed by atoms with Crippen molar-refractivity contribution in [1.29, 1.82) is 0 Å². The maximum absolute atomic E-state index is 11.8. The Morgan fingerprint density at radius 3 is 2.54 bits per heavy atom. The molecule has 0 atom stereocenters. The van der Waals surface area contributed by atoms with Gasteiger partial charge in [-0.3, -0.25) is 4.99 Å². The second-order valence-corrected chi connectivity index (χ2v) is 5.09. The summed E-state index contributed by atoms with van der Waals surface area (Å²) in [5, 5.41) is 6.50. The number of nitrogens with one attached hydrogen (secondary N) is 2. The molecule has 0 aromatic heterocycles. The van der Waals surface area contributed by atoms with E-state index in [4.69, 9.17) is 9.47 Å². The highest BCUT2D eigenvalue weighted by Crippen LogP contribution is 2.20. The van der Waals surface area contributed by atoms with Crippen LogP contribution in [0.15, 0.2) is 23.2 Å². The highest BCUT2D eigenvalue weighted by molar-refractivity contribution is 14.0. The lowest BCUT2D eigenvalue weighted by atomic mass is 10.1. The first-order valence-electron chi connectivity index (χ1n) is 7.86. The number of unbranched alkanes of at least 4 members (excludes halogenated alkanes) is 2. The second-order valence-electron chi connectivity index (χ2n) is 5.09. The Bertz CT molecular complexity index is 536. The molecule has 0 saturated carbocycles. The first-order valence-corrected chi connectivity index (χ1v) is 7.86. The molecule has 0 radical (unpaired) electrons. The van der Waals surface area contributed by atoms with Crippen LogP contribution in [0.2, 0.25) is 0 Å². The summed E-state index contributed by atoms with van der Waals surface area (Å²) in [7, 11) is 4.62. The van der Waals surface area contributed by atoms with Gasteiger partial charge in [0.2, 0.25) is 0 Å². The SMILES string of the molecule is CCCCCNC(=NC)NCc1ccc(OC)c(C(=O)OC)c1.I. The van der Waals surface area contributed by atoms with Crippen molar-refractivity contribution >= 4 is 35.9 Å². The average Bonchev–Trinajstić information content (AvgIpc) is 2.60. The minimum absolute atomic E-state index is 0. The number of benzene rings is 1. The van der Waals surface area contributed by atoms with Gasteiger partial charge in [0.1, 0.15) is 11.3 Å². The van der Waals surface area contributed by atoms with Gasteiger partial charge < -0.3 is 20.1 Å². The van der Waals surface area contributed by atoms with E-state index in [0.717, 1.165) is 24.5 Å². The van der Waals surface area contributed by atoms with Gasteiger partial charge >= 0.3 is 5.97 Å². The minimum Gasteiger partial charge on any atom is -0.496 e. The standard InChI is InChI=1S/C17H27N3O3.HI/c1-5-6-7-10-19-17(18-2)20-12-13-8-9-15(22-3)14(11-13)16(21)23-4;/h8-9,11H,5-7,10,12H2,1-4H3,(H2,18,19,20);1H. The maximum atomic E-state index is 11.8. The molecule has 0 aliphatic carbocycles. The Hall–Kier alpha value is -1.51. The van der Waals surface area contributed by atoms with E-state index in [-0.39, 0.29) is 24.0 Å². The predicted octanol–water partition coefficient (Wildman–Crippen LogP) is 2.96. The zero-order valence-electron chi connectivity index (χ0n) is 14.8. The van der Waals surface area contributed by atoms with E-state index in [0.29, 0.717) is 17.9 Å². The third kappa shape index (κ3) is 7.37. The number of carbonyl (C=O) groups excluding carboxylic acids is 1. The van der Waals surface area contributed by atoms with Crippen molar-refractivity contribution in [2.45, 2.75) is 32.7 Å². The molecule has 1 rings (SSSR count). The van der Waals surface area contributed by atoms with E-state index in [9.17, 15) is 4.79 Å². The maximum Gasteiger partial charge on any atom is 0.341 e. The van der Waals surface area contributed by atoms with Crippen LogP contribution in [0.3, 0.4) is 0 Å². The Morgan fingerprint density at radius 2 is 1.96 bits per heavy atom. The van der Waals surface area contributed by atoms with Crippen molar-refractivity contribution in [3.05, 3.63) is 29.3 Å². The average molecular weight is 449 g/mol. The van der Waals surface area contributed by atoms with Gasteiger partial charge in [-0.2, -0.15) is 0 Å². The van der Waals surface area contributed by atoms with Crippen LogP contribution < -0.4 is 15.4 Å². The molecule has 0 heterocycles. The van der Waals surface area contributed by atoms with E-state index in [1.165, 1.54) is 27.1 Å². The smallest absolute Gasteiger partial charge is 0.341 e. The third-order valence-electron chi connectivity index (χ3n) is 3.43. The Morgan fingerprint density at radius 1 is 1.21 bits per heavy atom. The minimum atomic E-state index is -0.411. The van der Waals surface area contributed by atoms with Gasteiger partial charge in [0.15, 0.2) is 5.96 Å². The molecular weight excluding hydrogens is 421 g/mol. The molecule has 0 aliphatic rings. The normalized spacial score (nSPS) is 10.6. The first-order chi connectivity index (χ1) is 11.2. The van der Waals surface area contributed by atoms with Crippen molar-refractivity contribution in [2.75, 3.05) is 27.8 Å². The first kappa shape index (κ1) is 22.5. The largest absolute Gasteiger partial charge is 0.496 e. The third-order valence-corrected chi connectivity index (χ3v) is 3.43. The number of esters is 1. The zero-order chi connectivity index (χ0) is 17.1. The molecule has 0 aliphatic heterocycles. The van der Waals surface area contributed by atoms with Gasteiger partial charge in [0.25, 0.3) is 0 Å². The fraction of sp³-hybridized carbons (Fsp3) is 0.529. The van der Waals surface area contributed by atoms with Crippen LogP contribution in [0, 0.1) is 0 Å². The summed E-state index contributed by atoms with van der Waals surface area (Å²) >= 11 is 0. The van der Waals surface area contributed by atoms with Crippen molar-refractivity contribution in [3.8, 4) is 5.75 Å². The predicted molar refractivity (Wildman–Crippen MR) is 107 cm³/mol. The summed E-state index contributed by atoms with van der Waals surface area (Å²) in [6.45, 7) is 3.63. The van der Waals surface area contributed by atoms with E-state index in [2.05, 4.69) is 22.5 Å². The van der Waals surface area contributed by atoms with Crippen LogP contribution in [0.1, 0.15) is 42.1 Å². The van der Waals surface area contributed by atoms with Crippen LogP contribution in [-0.4, -0.2) is 39.7 Å². The van der Waals surface area contributed by atoms with Crippen LogP contribution in [-0.2, 0) is 11.3 Å². The monoisotopic (exact) mass is 449 g/mol.